The molecule has 0 saturated heterocycles. The maximum atomic E-state index is 5.83. The lowest BCUT2D eigenvalue weighted by atomic mass is 10.2. The molecule has 0 amide bonds. The van der Waals surface area contributed by atoms with Gasteiger partial charge in [0.05, 0.1) is 0 Å². The fraction of sp³-hybridized carbons (Fsp3) is 0.200. The van der Waals surface area contributed by atoms with E-state index in [1.54, 1.807) is 22.8 Å². The van der Waals surface area contributed by atoms with Crippen LogP contribution in [0.25, 0.3) is 0 Å². The number of nitrogen functional groups attached to an aromatic ring is 1. The highest BCUT2D eigenvalue weighted by Crippen LogP contribution is 2.30. The summed E-state index contributed by atoms with van der Waals surface area (Å²) in [6.07, 6.45) is 1.55. The van der Waals surface area contributed by atoms with Gasteiger partial charge in [-0.2, -0.15) is 5.10 Å². The number of rotatable bonds is 2. The molecule has 1 aromatic heterocycles. The van der Waals surface area contributed by atoms with Crippen LogP contribution < -0.4 is 5.73 Å². The normalized spacial score (nSPS) is 10.5. The predicted molar refractivity (Wildman–Crippen MR) is 60.7 cm³/mol. The Morgan fingerprint density at radius 2 is 2.20 bits per heavy atom. The summed E-state index contributed by atoms with van der Waals surface area (Å²) in [7, 11) is 1.87. The van der Waals surface area contributed by atoms with E-state index in [1.807, 2.05) is 32.2 Å². The maximum Gasteiger partial charge on any atom is 0.190 e. The molecule has 0 radical (unpaired) electrons. The van der Waals surface area contributed by atoms with E-state index in [1.165, 1.54) is 0 Å². The van der Waals surface area contributed by atoms with E-state index in [9.17, 15) is 0 Å². The summed E-state index contributed by atoms with van der Waals surface area (Å²) in [6.45, 7) is 2.01. The van der Waals surface area contributed by atoms with Crippen LogP contribution in [-0.2, 0) is 7.05 Å². The Hall–Kier alpha value is -1.49. The molecule has 2 aromatic rings. The molecule has 4 nitrogen and oxygen atoms in total. The standard InChI is InChI=1S/C10H12N4S/c1-7-8(11)4-3-5-9(7)15-10-12-6-13-14(10)2/h3-6H,11H2,1-2H3. The third-order valence-electron chi connectivity index (χ3n) is 2.20. The van der Waals surface area contributed by atoms with Crippen LogP contribution in [-0.4, -0.2) is 14.8 Å². The summed E-state index contributed by atoms with van der Waals surface area (Å²) >= 11 is 1.57. The molecule has 0 fully saturated rings. The number of benzene rings is 1. The van der Waals surface area contributed by atoms with E-state index in [2.05, 4.69) is 10.1 Å². The summed E-state index contributed by atoms with van der Waals surface area (Å²) in [4.78, 5) is 5.27. The molecule has 0 spiro atoms. The average Bonchev–Trinajstić information content (AvgIpc) is 2.60. The highest BCUT2D eigenvalue weighted by atomic mass is 32.2. The molecular formula is C10H12N4S. The van der Waals surface area contributed by atoms with Crippen LogP contribution in [0, 0.1) is 6.92 Å². The molecule has 0 aliphatic carbocycles. The number of nitrogens with zero attached hydrogens (tertiary/aromatic N) is 3. The van der Waals surface area contributed by atoms with E-state index in [4.69, 9.17) is 5.73 Å². The Balaban J connectivity index is 2.33. The molecule has 2 rings (SSSR count). The highest BCUT2D eigenvalue weighted by Gasteiger charge is 2.06. The molecule has 15 heavy (non-hydrogen) atoms. The molecule has 0 unspecified atom stereocenters. The van der Waals surface area contributed by atoms with Crippen LogP contribution in [0.3, 0.4) is 0 Å². The fourth-order valence-electron chi connectivity index (χ4n) is 1.22. The van der Waals surface area contributed by atoms with E-state index in [0.29, 0.717) is 0 Å². The first-order valence-corrected chi connectivity index (χ1v) is 5.37. The lowest BCUT2D eigenvalue weighted by Gasteiger charge is -2.06. The highest BCUT2D eigenvalue weighted by molar-refractivity contribution is 7.99. The van der Waals surface area contributed by atoms with Crippen molar-refractivity contribution in [2.75, 3.05) is 5.73 Å². The van der Waals surface area contributed by atoms with Crippen molar-refractivity contribution < 1.29 is 0 Å². The first kappa shape index (κ1) is 10.0. The second-order valence-electron chi connectivity index (χ2n) is 3.24. The van der Waals surface area contributed by atoms with Crippen molar-refractivity contribution in [1.82, 2.24) is 14.8 Å². The van der Waals surface area contributed by atoms with Gasteiger partial charge >= 0.3 is 0 Å². The van der Waals surface area contributed by atoms with Crippen molar-refractivity contribution in [3.63, 3.8) is 0 Å². The number of anilines is 1. The predicted octanol–water partition coefficient (Wildman–Crippen LogP) is 1.86. The molecule has 2 N–H and O–H groups in total. The van der Waals surface area contributed by atoms with Gasteiger partial charge in [-0.15, -0.1) is 0 Å². The van der Waals surface area contributed by atoms with Gasteiger partial charge in [-0.05, 0) is 36.4 Å². The van der Waals surface area contributed by atoms with Crippen LogP contribution >= 0.6 is 11.8 Å². The Bertz CT molecular complexity index is 478. The third-order valence-corrected chi connectivity index (χ3v) is 3.41. The van der Waals surface area contributed by atoms with Crippen LogP contribution in [0.5, 0.6) is 0 Å². The van der Waals surface area contributed by atoms with Gasteiger partial charge in [-0.1, -0.05) is 6.07 Å². The van der Waals surface area contributed by atoms with E-state index in [-0.39, 0.29) is 0 Å². The molecule has 0 aliphatic heterocycles. The van der Waals surface area contributed by atoms with Gasteiger partial charge in [0.15, 0.2) is 5.16 Å². The van der Waals surface area contributed by atoms with Crippen molar-refractivity contribution in [1.29, 1.82) is 0 Å². The summed E-state index contributed by atoms with van der Waals surface area (Å²) in [5, 5.41) is 4.88. The SMILES string of the molecule is Cc1c(N)cccc1Sc1ncnn1C. The summed E-state index contributed by atoms with van der Waals surface area (Å²) in [5.41, 5.74) is 7.73. The smallest absolute Gasteiger partial charge is 0.190 e. The Morgan fingerprint density at radius 3 is 2.87 bits per heavy atom. The lowest BCUT2D eigenvalue weighted by molar-refractivity contribution is 0.685. The lowest BCUT2D eigenvalue weighted by Crippen LogP contribution is -1.94. The van der Waals surface area contributed by atoms with Crippen molar-refractivity contribution >= 4 is 17.4 Å². The zero-order valence-electron chi connectivity index (χ0n) is 8.64. The van der Waals surface area contributed by atoms with Crippen LogP contribution in [0.1, 0.15) is 5.56 Å². The van der Waals surface area contributed by atoms with Crippen molar-refractivity contribution in [2.24, 2.45) is 7.05 Å². The minimum absolute atomic E-state index is 0.808. The quantitative estimate of drug-likeness (QED) is 0.785. The average molecular weight is 220 g/mol. The summed E-state index contributed by atoms with van der Waals surface area (Å²) in [5.74, 6) is 0. The molecule has 0 atom stereocenters. The van der Waals surface area contributed by atoms with Crippen molar-refractivity contribution in [2.45, 2.75) is 17.0 Å². The van der Waals surface area contributed by atoms with E-state index in [0.717, 1.165) is 21.3 Å². The molecule has 0 bridgehead atoms. The Morgan fingerprint density at radius 1 is 1.40 bits per heavy atom. The van der Waals surface area contributed by atoms with Gasteiger partial charge in [0.25, 0.3) is 0 Å². The number of hydrogen-bond acceptors (Lipinski definition) is 4. The fourth-order valence-corrected chi connectivity index (χ4v) is 2.11. The number of aryl methyl sites for hydroxylation is 1. The van der Waals surface area contributed by atoms with E-state index < -0.39 is 0 Å². The zero-order valence-corrected chi connectivity index (χ0v) is 9.45. The summed E-state index contributed by atoms with van der Waals surface area (Å²) < 4.78 is 1.74. The van der Waals surface area contributed by atoms with Crippen molar-refractivity contribution in [3.05, 3.63) is 30.1 Å². The second kappa shape index (κ2) is 3.94. The minimum atomic E-state index is 0.808. The monoisotopic (exact) mass is 220 g/mol. The van der Waals surface area contributed by atoms with Crippen LogP contribution in [0.15, 0.2) is 34.6 Å². The number of nitrogens with two attached hydrogens (primary N) is 1. The van der Waals surface area contributed by atoms with Crippen LogP contribution in [0.2, 0.25) is 0 Å². The van der Waals surface area contributed by atoms with Gasteiger partial charge in [0.1, 0.15) is 6.33 Å². The van der Waals surface area contributed by atoms with Crippen molar-refractivity contribution in [3.8, 4) is 0 Å². The third kappa shape index (κ3) is 1.97. The minimum Gasteiger partial charge on any atom is -0.398 e. The van der Waals surface area contributed by atoms with Gasteiger partial charge in [-0.3, -0.25) is 0 Å². The molecule has 1 aromatic carbocycles. The molecule has 0 aliphatic rings. The molecule has 1 heterocycles. The molecular weight excluding hydrogens is 208 g/mol. The first-order chi connectivity index (χ1) is 7.18. The van der Waals surface area contributed by atoms with Gasteiger partial charge in [-0.25, -0.2) is 9.67 Å². The van der Waals surface area contributed by atoms with Gasteiger partial charge in [0.2, 0.25) is 0 Å². The molecule has 78 valence electrons. The van der Waals surface area contributed by atoms with Gasteiger partial charge < -0.3 is 5.73 Å². The number of aromatic nitrogens is 3. The zero-order chi connectivity index (χ0) is 10.8. The maximum absolute atomic E-state index is 5.83. The van der Waals surface area contributed by atoms with Gasteiger partial charge in [0, 0.05) is 17.6 Å². The number of hydrogen-bond donors (Lipinski definition) is 1. The Labute approximate surface area is 92.5 Å². The largest absolute Gasteiger partial charge is 0.398 e. The first-order valence-electron chi connectivity index (χ1n) is 4.55. The van der Waals surface area contributed by atoms with E-state index >= 15 is 0 Å². The second-order valence-corrected chi connectivity index (χ2v) is 4.25. The topological polar surface area (TPSA) is 56.7 Å². The Kier molecular flexibility index (Phi) is 2.64. The molecule has 5 heteroatoms. The summed E-state index contributed by atoms with van der Waals surface area (Å²) in [6, 6.07) is 5.88. The molecule has 0 saturated carbocycles. The van der Waals surface area contributed by atoms with Crippen LogP contribution in [0.4, 0.5) is 5.69 Å².